The molecule has 2 heterocycles. The maximum Gasteiger partial charge on any atom is 0.223 e. The average Bonchev–Trinajstić information content (AvgIpc) is 2.41. The molecule has 2 aliphatic heterocycles. The summed E-state index contributed by atoms with van der Waals surface area (Å²) in [5, 5.41) is 3.21. The number of piperidine rings is 1. The van der Waals surface area contributed by atoms with Crippen LogP contribution in [-0.4, -0.2) is 43.7 Å². The van der Waals surface area contributed by atoms with E-state index < -0.39 is 0 Å². The number of carbonyl (C=O) groups is 1. The second kappa shape index (κ2) is 2.94. The number of fused-ring (bicyclic) bond motifs is 1. The SMILES string of the molecule is CN1C(=O)CC2(CF)CCNCC12. The molecule has 0 bridgehead atoms. The Balaban J connectivity index is 2.26. The van der Waals surface area contributed by atoms with Gasteiger partial charge in [-0.3, -0.25) is 9.18 Å². The van der Waals surface area contributed by atoms with Gasteiger partial charge in [0.25, 0.3) is 0 Å². The molecule has 74 valence electrons. The number of halogens is 1. The van der Waals surface area contributed by atoms with Gasteiger partial charge >= 0.3 is 0 Å². The fraction of sp³-hybridized carbons (Fsp3) is 0.889. The van der Waals surface area contributed by atoms with Gasteiger partial charge in [-0.1, -0.05) is 0 Å². The molecule has 4 heteroatoms. The topological polar surface area (TPSA) is 32.3 Å². The Kier molecular flexibility index (Phi) is 2.02. The lowest BCUT2D eigenvalue weighted by Gasteiger charge is -2.38. The second-order valence-corrected chi connectivity index (χ2v) is 4.15. The van der Waals surface area contributed by atoms with E-state index in [2.05, 4.69) is 5.32 Å². The molecule has 0 aliphatic carbocycles. The minimum Gasteiger partial charge on any atom is -0.341 e. The summed E-state index contributed by atoms with van der Waals surface area (Å²) >= 11 is 0. The third kappa shape index (κ3) is 1.15. The van der Waals surface area contributed by atoms with Crippen molar-refractivity contribution in [2.24, 2.45) is 5.41 Å². The van der Waals surface area contributed by atoms with E-state index in [0.717, 1.165) is 19.5 Å². The Morgan fingerprint density at radius 1 is 1.77 bits per heavy atom. The summed E-state index contributed by atoms with van der Waals surface area (Å²) in [4.78, 5) is 13.1. The van der Waals surface area contributed by atoms with Gasteiger partial charge in [0, 0.05) is 25.4 Å². The van der Waals surface area contributed by atoms with E-state index in [4.69, 9.17) is 0 Å². The lowest BCUT2D eigenvalue weighted by molar-refractivity contribution is -0.127. The highest BCUT2D eigenvalue weighted by Gasteiger charge is 2.51. The van der Waals surface area contributed by atoms with Gasteiger partial charge in [-0.15, -0.1) is 0 Å². The number of carbonyl (C=O) groups excluding carboxylic acids is 1. The predicted octanol–water partition coefficient (Wildman–Crippen LogP) is 0.166. The van der Waals surface area contributed by atoms with Gasteiger partial charge in [0.15, 0.2) is 0 Å². The Labute approximate surface area is 77.3 Å². The van der Waals surface area contributed by atoms with Crippen molar-refractivity contribution < 1.29 is 9.18 Å². The third-order valence-corrected chi connectivity index (χ3v) is 3.47. The standard InChI is InChI=1S/C9H15FN2O/c1-12-7-5-11-3-2-9(7,6-10)4-8(12)13/h7,11H,2-6H2,1H3. The number of hydrogen-bond acceptors (Lipinski definition) is 2. The van der Waals surface area contributed by atoms with Crippen LogP contribution in [0.15, 0.2) is 0 Å². The fourth-order valence-electron chi connectivity index (χ4n) is 2.52. The summed E-state index contributed by atoms with van der Waals surface area (Å²) in [7, 11) is 1.78. The molecule has 1 amide bonds. The lowest BCUT2D eigenvalue weighted by atomic mass is 9.76. The Morgan fingerprint density at radius 3 is 3.15 bits per heavy atom. The number of rotatable bonds is 1. The summed E-state index contributed by atoms with van der Waals surface area (Å²) in [6.45, 7) is 1.21. The first-order valence-corrected chi connectivity index (χ1v) is 4.72. The summed E-state index contributed by atoms with van der Waals surface area (Å²) < 4.78 is 13.0. The molecule has 0 radical (unpaired) electrons. The van der Waals surface area contributed by atoms with Gasteiger partial charge in [0.1, 0.15) is 0 Å². The van der Waals surface area contributed by atoms with Gasteiger partial charge in [-0.2, -0.15) is 0 Å². The molecule has 0 aromatic rings. The zero-order valence-electron chi connectivity index (χ0n) is 7.85. The molecule has 0 saturated carbocycles. The normalized spacial score (nSPS) is 39.4. The molecule has 0 aromatic heterocycles. The zero-order chi connectivity index (χ0) is 9.47. The Hall–Kier alpha value is -0.640. The summed E-state index contributed by atoms with van der Waals surface area (Å²) in [5.74, 6) is 0.0892. The summed E-state index contributed by atoms with van der Waals surface area (Å²) in [6.07, 6.45) is 1.18. The molecule has 0 spiro atoms. The van der Waals surface area contributed by atoms with Crippen LogP contribution >= 0.6 is 0 Å². The molecule has 2 atom stereocenters. The van der Waals surface area contributed by atoms with Crippen LogP contribution < -0.4 is 5.32 Å². The molecule has 0 aromatic carbocycles. The lowest BCUT2D eigenvalue weighted by Crippen LogP contribution is -2.52. The first kappa shape index (κ1) is 8.94. The van der Waals surface area contributed by atoms with E-state index in [0.29, 0.717) is 6.42 Å². The summed E-state index contributed by atoms with van der Waals surface area (Å²) in [5.41, 5.74) is -0.378. The van der Waals surface area contributed by atoms with Gasteiger partial charge in [-0.25, -0.2) is 0 Å². The fourth-order valence-corrected chi connectivity index (χ4v) is 2.52. The van der Waals surface area contributed by atoms with Crippen molar-refractivity contribution in [3.63, 3.8) is 0 Å². The molecule has 2 aliphatic rings. The molecule has 13 heavy (non-hydrogen) atoms. The van der Waals surface area contributed by atoms with E-state index >= 15 is 0 Å². The number of alkyl halides is 1. The maximum absolute atomic E-state index is 13.0. The molecule has 2 saturated heterocycles. The minimum absolute atomic E-state index is 0.0683. The van der Waals surface area contributed by atoms with E-state index in [1.54, 1.807) is 11.9 Å². The van der Waals surface area contributed by atoms with Crippen molar-refractivity contribution in [1.82, 2.24) is 10.2 Å². The van der Waals surface area contributed by atoms with Crippen molar-refractivity contribution in [2.45, 2.75) is 18.9 Å². The van der Waals surface area contributed by atoms with Gasteiger partial charge in [-0.05, 0) is 13.0 Å². The predicted molar refractivity (Wildman–Crippen MR) is 47.1 cm³/mol. The number of likely N-dealkylation sites (tertiary alicyclic amines) is 1. The van der Waals surface area contributed by atoms with Crippen molar-refractivity contribution in [3.05, 3.63) is 0 Å². The average molecular weight is 186 g/mol. The molecular formula is C9H15FN2O. The van der Waals surface area contributed by atoms with Crippen LogP contribution in [0.4, 0.5) is 4.39 Å². The van der Waals surface area contributed by atoms with Crippen molar-refractivity contribution in [1.29, 1.82) is 0 Å². The maximum atomic E-state index is 13.0. The number of likely N-dealkylation sites (N-methyl/N-ethyl adjacent to an activating group) is 1. The molecule has 2 rings (SSSR count). The van der Waals surface area contributed by atoms with Gasteiger partial charge < -0.3 is 10.2 Å². The highest BCUT2D eigenvalue weighted by molar-refractivity contribution is 5.80. The van der Waals surface area contributed by atoms with Crippen LogP contribution in [-0.2, 0) is 4.79 Å². The first-order chi connectivity index (χ1) is 6.19. The van der Waals surface area contributed by atoms with Crippen LogP contribution in [0.2, 0.25) is 0 Å². The van der Waals surface area contributed by atoms with Gasteiger partial charge in [0.2, 0.25) is 5.91 Å². The molecule has 2 unspecified atom stereocenters. The highest BCUT2D eigenvalue weighted by atomic mass is 19.1. The largest absolute Gasteiger partial charge is 0.341 e. The highest BCUT2D eigenvalue weighted by Crippen LogP contribution is 2.41. The molecular weight excluding hydrogens is 171 g/mol. The smallest absolute Gasteiger partial charge is 0.223 e. The minimum atomic E-state index is -0.378. The Bertz CT molecular complexity index is 234. The first-order valence-electron chi connectivity index (χ1n) is 4.72. The number of nitrogens with one attached hydrogen (secondary N) is 1. The number of hydrogen-bond donors (Lipinski definition) is 1. The quantitative estimate of drug-likeness (QED) is 0.633. The molecule has 1 N–H and O–H groups in total. The van der Waals surface area contributed by atoms with E-state index in [9.17, 15) is 9.18 Å². The van der Waals surface area contributed by atoms with Crippen LogP contribution in [0.5, 0.6) is 0 Å². The van der Waals surface area contributed by atoms with Crippen molar-refractivity contribution >= 4 is 5.91 Å². The van der Waals surface area contributed by atoms with Gasteiger partial charge in [0.05, 0.1) is 12.7 Å². The Morgan fingerprint density at radius 2 is 2.54 bits per heavy atom. The number of nitrogens with zero attached hydrogens (tertiary/aromatic N) is 1. The summed E-state index contributed by atoms with van der Waals surface area (Å²) in [6, 6.07) is 0.0683. The van der Waals surface area contributed by atoms with Crippen LogP contribution in [0, 0.1) is 5.41 Å². The van der Waals surface area contributed by atoms with Crippen molar-refractivity contribution in [2.75, 3.05) is 26.8 Å². The second-order valence-electron chi connectivity index (χ2n) is 4.15. The monoisotopic (exact) mass is 186 g/mol. The number of amides is 1. The van der Waals surface area contributed by atoms with E-state index in [1.807, 2.05) is 0 Å². The molecule has 3 nitrogen and oxygen atoms in total. The van der Waals surface area contributed by atoms with Crippen LogP contribution in [0.25, 0.3) is 0 Å². The van der Waals surface area contributed by atoms with Crippen LogP contribution in [0.1, 0.15) is 12.8 Å². The molecule has 2 fully saturated rings. The van der Waals surface area contributed by atoms with Crippen LogP contribution in [0.3, 0.4) is 0 Å². The van der Waals surface area contributed by atoms with E-state index in [-0.39, 0.29) is 24.0 Å². The van der Waals surface area contributed by atoms with E-state index in [1.165, 1.54) is 0 Å². The van der Waals surface area contributed by atoms with Crippen molar-refractivity contribution in [3.8, 4) is 0 Å². The third-order valence-electron chi connectivity index (χ3n) is 3.47. The zero-order valence-corrected chi connectivity index (χ0v) is 7.85.